The summed E-state index contributed by atoms with van der Waals surface area (Å²) in [6, 6.07) is 12.9. The highest BCUT2D eigenvalue weighted by atomic mass is 35.5. The third kappa shape index (κ3) is 5.39. The lowest BCUT2D eigenvalue weighted by molar-refractivity contribution is 0.0933. The van der Waals surface area contributed by atoms with Crippen LogP contribution in [0, 0.1) is 0 Å². The molecule has 1 aliphatic rings. The predicted molar refractivity (Wildman–Crippen MR) is 106 cm³/mol. The molecule has 2 aromatic carbocycles. The van der Waals surface area contributed by atoms with Gasteiger partial charge in [-0.3, -0.25) is 4.79 Å². The zero-order valence-electron chi connectivity index (χ0n) is 14.6. The quantitative estimate of drug-likeness (QED) is 0.632. The molecule has 1 fully saturated rings. The number of carbonyl (C=O) groups excluding carboxylic acids is 1. The Morgan fingerprint density at radius 1 is 1.04 bits per heavy atom. The Morgan fingerprint density at radius 2 is 1.81 bits per heavy atom. The summed E-state index contributed by atoms with van der Waals surface area (Å²) in [6.45, 7) is 0.339. The van der Waals surface area contributed by atoms with Crippen molar-refractivity contribution in [2.75, 3.05) is 0 Å². The highest BCUT2D eigenvalue weighted by molar-refractivity contribution is 6.35. The molecule has 0 radical (unpaired) electrons. The maximum absolute atomic E-state index is 12.6. The summed E-state index contributed by atoms with van der Waals surface area (Å²) >= 11 is 12.0. The number of benzene rings is 2. The molecule has 1 saturated carbocycles. The number of rotatable bonds is 5. The lowest BCUT2D eigenvalue weighted by Crippen LogP contribution is -2.34. The van der Waals surface area contributed by atoms with E-state index in [-0.39, 0.29) is 11.9 Å². The zero-order valence-corrected chi connectivity index (χ0v) is 16.2. The first-order chi connectivity index (χ1) is 12.6. The van der Waals surface area contributed by atoms with Crippen LogP contribution in [0.25, 0.3) is 0 Å². The summed E-state index contributed by atoms with van der Waals surface area (Å²) in [5, 5.41) is 4.22. The number of halogens is 2. The molecule has 0 unspecified atom stereocenters. The average molecular weight is 392 g/mol. The Kier molecular flexibility index (Phi) is 6.81. The van der Waals surface area contributed by atoms with E-state index in [9.17, 15) is 4.79 Å². The van der Waals surface area contributed by atoms with Crippen molar-refractivity contribution in [2.45, 2.75) is 51.2 Å². The van der Waals surface area contributed by atoms with E-state index in [1.165, 1.54) is 25.7 Å². The molecule has 3 nitrogen and oxygen atoms in total. The zero-order chi connectivity index (χ0) is 18.4. The second kappa shape index (κ2) is 9.29. The van der Waals surface area contributed by atoms with E-state index in [2.05, 4.69) is 5.32 Å². The first-order valence-corrected chi connectivity index (χ1v) is 9.85. The minimum Gasteiger partial charge on any atom is -0.487 e. The van der Waals surface area contributed by atoms with Crippen molar-refractivity contribution in [1.29, 1.82) is 0 Å². The van der Waals surface area contributed by atoms with Gasteiger partial charge in [-0.25, -0.2) is 0 Å². The molecule has 0 atom stereocenters. The summed E-state index contributed by atoms with van der Waals surface area (Å²) in [4.78, 5) is 12.6. The van der Waals surface area contributed by atoms with Crippen molar-refractivity contribution in [2.24, 2.45) is 0 Å². The van der Waals surface area contributed by atoms with Crippen molar-refractivity contribution in [3.05, 3.63) is 63.6 Å². The number of amides is 1. The predicted octanol–water partition coefficient (Wildman–Crippen LogP) is 6.03. The van der Waals surface area contributed by atoms with Crippen LogP contribution < -0.4 is 10.1 Å². The standard InChI is InChI=1S/C21H23Cl2NO2/c22-17-10-11-20(19(23)13-17)26-14-15-6-5-7-16(12-15)21(25)24-18-8-3-1-2-4-9-18/h5-7,10-13,18H,1-4,8-9,14H2,(H,24,25). The third-order valence-corrected chi connectivity index (χ3v) is 5.20. The van der Waals surface area contributed by atoms with E-state index in [1.807, 2.05) is 24.3 Å². The fourth-order valence-corrected chi connectivity index (χ4v) is 3.71. The van der Waals surface area contributed by atoms with Crippen LogP contribution in [0.3, 0.4) is 0 Å². The largest absolute Gasteiger partial charge is 0.487 e. The van der Waals surface area contributed by atoms with Crippen LogP contribution in [-0.2, 0) is 6.61 Å². The minimum absolute atomic E-state index is 0.0109. The summed E-state index contributed by atoms with van der Waals surface area (Å²) in [7, 11) is 0. The van der Waals surface area contributed by atoms with Crippen LogP contribution in [0.4, 0.5) is 0 Å². The van der Waals surface area contributed by atoms with Crippen LogP contribution in [0.15, 0.2) is 42.5 Å². The van der Waals surface area contributed by atoms with Gasteiger partial charge in [0.05, 0.1) is 5.02 Å². The van der Waals surface area contributed by atoms with Crippen molar-refractivity contribution < 1.29 is 9.53 Å². The molecule has 0 aromatic heterocycles. The summed E-state index contributed by atoms with van der Waals surface area (Å²) < 4.78 is 5.76. The van der Waals surface area contributed by atoms with Gasteiger partial charge in [-0.05, 0) is 48.7 Å². The first-order valence-electron chi connectivity index (χ1n) is 9.09. The Labute approximate surface area is 164 Å². The van der Waals surface area contributed by atoms with Gasteiger partial charge in [-0.1, -0.05) is 61.0 Å². The van der Waals surface area contributed by atoms with Crippen LogP contribution in [0.1, 0.15) is 54.4 Å². The summed E-state index contributed by atoms with van der Waals surface area (Å²) in [5.74, 6) is 0.563. The molecule has 0 bridgehead atoms. The molecule has 0 saturated heterocycles. The lowest BCUT2D eigenvalue weighted by Gasteiger charge is -2.16. The molecule has 0 spiro atoms. The van der Waals surface area contributed by atoms with Crippen LogP contribution in [0.2, 0.25) is 10.0 Å². The van der Waals surface area contributed by atoms with Gasteiger partial charge in [0.2, 0.25) is 0 Å². The Morgan fingerprint density at radius 3 is 2.54 bits per heavy atom. The molecule has 138 valence electrons. The maximum atomic E-state index is 12.6. The molecule has 1 N–H and O–H groups in total. The maximum Gasteiger partial charge on any atom is 0.251 e. The second-order valence-electron chi connectivity index (χ2n) is 6.73. The van der Waals surface area contributed by atoms with Crippen LogP contribution in [0.5, 0.6) is 5.75 Å². The van der Waals surface area contributed by atoms with Gasteiger partial charge in [0.15, 0.2) is 0 Å². The van der Waals surface area contributed by atoms with Gasteiger partial charge in [0.1, 0.15) is 12.4 Å². The van der Waals surface area contributed by atoms with Crippen molar-refractivity contribution >= 4 is 29.1 Å². The highest BCUT2D eigenvalue weighted by Crippen LogP contribution is 2.28. The Balaban J connectivity index is 1.61. The van der Waals surface area contributed by atoms with Gasteiger partial charge in [-0.15, -0.1) is 0 Å². The molecular weight excluding hydrogens is 369 g/mol. The number of carbonyl (C=O) groups is 1. The molecule has 1 aliphatic carbocycles. The van der Waals surface area contributed by atoms with Gasteiger partial charge >= 0.3 is 0 Å². The fraction of sp³-hybridized carbons (Fsp3) is 0.381. The molecular formula is C21H23Cl2NO2. The van der Waals surface area contributed by atoms with E-state index in [4.69, 9.17) is 27.9 Å². The first kappa shape index (κ1) is 19.1. The van der Waals surface area contributed by atoms with E-state index >= 15 is 0 Å². The highest BCUT2D eigenvalue weighted by Gasteiger charge is 2.16. The van der Waals surface area contributed by atoms with Gasteiger partial charge < -0.3 is 10.1 Å². The molecule has 3 rings (SSSR count). The topological polar surface area (TPSA) is 38.3 Å². The molecule has 0 heterocycles. The Hall–Kier alpha value is -1.71. The number of nitrogens with one attached hydrogen (secondary N) is 1. The van der Waals surface area contributed by atoms with Crippen LogP contribution in [-0.4, -0.2) is 11.9 Å². The fourth-order valence-electron chi connectivity index (χ4n) is 3.25. The molecule has 1 amide bonds. The van der Waals surface area contributed by atoms with Crippen LogP contribution >= 0.6 is 23.2 Å². The lowest BCUT2D eigenvalue weighted by atomic mass is 10.1. The summed E-state index contributed by atoms with van der Waals surface area (Å²) in [5.41, 5.74) is 1.59. The SMILES string of the molecule is O=C(NC1CCCCCC1)c1cccc(COc2ccc(Cl)cc2Cl)c1. The molecule has 2 aromatic rings. The van der Waals surface area contributed by atoms with Gasteiger partial charge in [0.25, 0.3) is 5.91 Å². The van der Waals surface area contributed by atoms with Gasteiger partial charge in [-0.2, -0.15) is 0 Å². The van der Waals surface area contributed by atoms with E-state index in [0.717, 1.165) is 18.4 Å². The molecule has 26 heavy (non-hydrogen) atoms. The van der Waals surface area contributed by atoms with E-state index in [0.29, 0.717) is 28.0 Å². The third-order valence-electron chi connectivity index (χ3n) is 4.67. The van der Waals surface area contributed by atoms with Crippen molar-refractivity contribution in [1.82, 2.24) is 5.32 Å². The van der Waals surface area contributed by atoms with Crippen molar-refractivity contribution in [3.63, 3.8) is 0 Å². The summed E-state index contributed by atoms with van der Waals surface area (Å²) in [6.07, 6.45) is 7.08. The smallest absolute Gasteiger partial charge is 0.251 e. The number of hydrogen-bond donors (Lipinski definition) is 1. The number of ether oxygens (including phenoxy) is 1. The molecule has 0 aliphatic heterocycles. The van der Waals surface area contributed by atoms with E-state index < -0.39 is 0 Å². The second-order valence-corrected chi connectivity index (χ2v) is 7.57. The number of hydrogen-bond acceptors (Lipinski definition) is 2. The normalized spacial score (nSPS) is 15.3. The minimum atomic E-state index is -0.0109. The molecule has 5 heteroatoms. The average Bonchev–Trinajstić information content (AvgIpc) is 2.90. The Bertz CT molecular complexity index is 755. The van der Waals surface area contributed by atoms with Crippen molar-refractivity contribution in [3.8, 4) is 5.75 Å². The van der Waals surface area contributed by atoms with Gasteiger partial charge in [0, 0.05) is 16.6 Å². The monoisotopic (exact) mass is 391 g/mol. The van der Waals surface area contributed by atoms with E-state index in [1.54, 1.807) is 18.2 Å².